The smallest absolute Gasteiger partial charge is 0.295 e. The molecule has 0 radical (unpaired) electrons. The molecule has 68 heavy (non-hydrogen) atoms. The number of nitrogens with one attached hydrogen (secondary N) is 1. The van der Waals surface area contributed by atoms with Crippen molar-refractivity contribution in [3.63, 3.8) is 0 Å². The van der Waals surface area contributed by atoms with E-state index in [1.807, 2.05) is 0 Å². The zero-order valence-electron chi connectivity index (χ0n) is 33.8. The predicted octanol–water partition coefficient (Wildman–Crippen LogP) is 5.02. The number of fused-ring (bicyclic) bond motifs is 2. The number of aliphatic hydroxyl groups is 3. The van der Waals surface area contributed by atoms with Gasteiger partial charge in [-0.05, 0) is 97.8 Å². The molecule has 10 N–H and O–H groups in total. The molecular weight excluding hydrogens is 1030 g/mol. The zero-order chi connectivity index (χ0) is 50.9. The Kier molecular flexibility index (Phi) is 13.1. The molecule has 6 aromatic carbocycles. The van der Waals surface area contributed by atoms with Crippen LogP contribution in [0.2, 0.25) is 0 Å². The van der Waals surface area contributed by atoms with Gasteiger partial charge in [0.1, 0.15) is 19.6 Å². The number of hydrogen-bond donors (Lipinski definition) is 10. The summed E-state index contributed by atoms with van der Waals surface area (Å²) >= 11 is 0. The molecule has 0 unspecified atom stereocenters. The lowest BCUT2D eigenvalue weighted by atomic mass is 10.1. The molecule has 0 bridgehead atoms. The van der Waals surface area contributed by atoms with Gasteiger partial charge in [-0.2, -0.15) is 55.5 Å². The molecule has 0 fully saturated rings. The summed E-state index contributed by atoms with van der Waals surface area (Å²) in [5.74, 6) is -1.83. The van der Waals surface area contributed by atoms with E-state index in [-0.39, 0.29) is 45.8 Å². The van der Waals surface area contributed by atoms with Crippen LogP contribution in [0.4, 0.5) is 22.7 Å². The molecule has 25 nitrogen and oxygen atoms in total. The molecule has 0 amide bonds. The Morgan fingerprint density at radius 1 is 0.426 bits per heavy atom. The lowest BCUT2D eigenvalue weighted by molar-refractivity contribution is 0.477. The fourth-order valence-corrected chi connectivity index (χ4v) is 10.8. The maximum atomic E-state index is 12.5. The van der Waals surface area contributed by atoms with Crippen molar-refractivity contribution in [2.75, 3.05) is 5.32 Å². The van der Waals surface area contributed by atoms with Crippen molar-refractivity contribution in [2.24, 2.45) is 15.0 Å². The van der Waals surface area contributed by atoms with Crippen LogP contribution in [-0.4, -0.2) is 111 Å². The van der Waals surface area contributed by atoms with Crippen molar-refractivity contribution in [1.29, 1.82) is 0 Å². The number of amidine groups is 1. The van der Waals surface area contributed by atoms with Gasteiger partial charge in [0.05, 0.1) is 26.9 Å². The Labute approximate surface area is 384 Å². The second kappa shape index (κ2) is 17.5. The Hall–Kier alpha value is -6.49. The number of benzene rings is 6. The van der Waals surface area contributed by atoms with Gasteiger partial charge in [-0.1, -0.05) is 12.1 Å². The molecule has 6 aromatic rings. The SMILES string of the molecule is Cc1c(N=C(O)Nc2cccc(C(O)=Nc3ccc(S(=O)(=O)O)c4cc(S(=O)(=O)O)cc(S(=O)(=O)O)c34)c2C)cccc1C(O)=Nc1ccc(S(=O)(=O)O)c2cc(S(=O)(=O)O)cc(S(=O)(=O)O)c12. The van der Waals surface area contributed by atoms with Crippen LogP contribution >= 0.6 is 0 Å². The standard InChI is InChI=1S/C37H30N4O21S6/c1-17-21(35(42)38-27-9-11-29(65(51,52)53)23-13-19(63(45,46)47)15-31(33(23)27)67(57,58)59)5-3-7-25(17)40-37(44)41-26-8-4-6-22(18(26)2)36(43)39-28-10-12-30(66(54,55)56)24-14-20(64(48,49)50)16-32(34(24)28)68(60,61)62/h3-16H,1-2H3,(H,38,42)(H,39,43)(H2,40,41,44)(H,45,46,47)(H,48,49,50)(H,51,52,53)(H,54,55,56)(H,57,58,59)(H,60,61,62). The Morgan fingerprint density at radius 3 is 1.19 bits per heavy atom. The van der Waals surface area contributed by atoms with Gasteiger partial charge in [0.15, 0.2) is 0 Å². The lowest BCUT2D eigenvalue weighted by Crippen LogP contribution is -2.13. The summed E-state index contributed by atoms with van der Waals surface area (Å²) in [5, 5.41) is 32.6. The molecule has 0 saturated heterocycles. The summed E-state index contributed by atoms with van der Waals surface area (Å²) in [6, 6.07) is 11.5. The monoisotopic (exact) mass is 1060 g/mol. The summed E-state index contributed by atoms with van der Waals surface area (Å²) in [7, 11) is -31.9. The molecule has 0 heterocycles. The first-order chi connectivity index (χ1) is 31.1. The van der Waals surface area contributed by atoms with Gasteiger partial charge in [-0.15, -0.1) is 0 Å². The van der Waals surface area contributed by atoms with Gasteiger partial charge in [-0.25, -0.2) is 9.98 Å². The maximum Gasteiger partial charge on any atom is 0.295 e. The van der Waals surface area contributed by atoms with E-state index < -0.39 is 141 Å². The molecular formula is C37H30N4O21S6. The number of hydrogen-bond acceptors (Lipinski definition) is 15. The van der Waals surface area contributed by atoms with E-state index in [4.69, 9.17) is 0 Å². The van der Waals surface area contributed by atoms with E-state index in [1.54, 1.807) is 0 Å². The number of aliphatic imine (C=N–C) groups is 3. The Balaban J connectivity index is 1.41. The first-order valence-corrected chi connectivity index (χ1v) is 26.6. The van der Waals surface area contributed by atoms with Crippen molar-refractivity contribution < 1.29 is 93.1 Å². The van der Waals surface area contributed by atoms with Crippen molar-refractivity contribution in [3.05, 3.63) is 107 Å². The second-order valence-electron chi connectivity index (χ2n) is 14.1. The highest BCUT2D eigenvalue weighted by Crippen LogP contribution is 2.40. The van der Waals surface area contributed by atoms with E-state index in [2.05, 4.69) is 20.3 Å². The molecule has 360 valence electrons. The quantitative estimate of drug-likeness (QED) is 0.0437. The number of anilines is 1. The van der Waals surface area contributed by atoms with Crippen LogP contribution in [0.5, 0.6) is 0 Å². The molecule has 0 aliphatic heterocycles. The van der Waals surface area contributed by atoms with Crippen molar-refractivity contribution in [1.82, 2.24) is 0 Å². The Morgan fingerprint density at radius 2 is 0.809 bits per heavy atom. The fraction of sp³-hybridized carbons (Fsp3) is 0.0541. The van der Waals surface area contributed by atoms with Crippen molar-refractivity contribution in [3.8, 4) is 0 Å². The lowest BCUT2D eigenvalue weighted by Gasteiger charge is -2.14. The highest BCUT2D eigenvalue weighted by Gasteiger charge is 2.29. The minimum Gasteiger partial charge on any atom is -0.493 e. The van der Waals surface area contributed by atoms with Gasteiger partial charge in [-0.3, -0.25) is 27.3 Å². The summed E-state index contributed by atoms with van der Waals surface area (Å²) < 4.78 is 205. The van der Waals surface area contributed by atoms with Gasteiger partial charge >= 0.3 is 0 Å². The maximum absolute atomic E-state index is 12.5. The summed E-state index contributed by atoms with van der Waals surface area (Å²) in [5.41, 5.74) is -1.36. The normalized spacial score (nSPS) is 13.9. The van der Waals surface area contributed by atoms with E-state index in [9.17, 15) is 93.1 Å². The van der Waals surface area contributed by atoms with Gasteiger partial charge < -0.3 is 20.6 Å². The third-order valence-corrected chi connectivity index (χ3v) is 15.0. The summed E-state index contributed by atoms with van der Waals surface area (Å²) in [6.45, 7) is 2.76. The molecule has 6 rings (SSSR count). The first kappa shape index (κ1) is 50.9. The average molecular weight is 1060 g/mol. The Bertz CT molecular complexity index is 3990. The topological polar surface area (TPSA) is 436 Å². The number of nitrogens with zero attached hydrogens (tertiary/aromatic N) is 3. The fourth-order valence-electron chi connectivity index (χ4n) is 6.71. The molecule has 0 aliphatic carbocycles. The highest BCUT2D eigenvalue weighted by atomic mass is 32.2. The van der Waals surface area contributed by atoms with Crippen LogP contribution in [-0.2, 0) is 60.7 Å². The van der Waals surface area contributed by atoms with E-state index in [0.717, 1.165) is 12.1 Å². The molecule has 0 saturated carbocycles. The number of aliphatic hydroxyl groups excluding tert-OH is 3. The van der Waals surface area contributed by atoms with Crippen molar-refractivity contribution >= 4 is 123 Å². The second-order valence-corrected chi connectivity index (χ2v) is 22.5. The first-order valence-electron chi connectivity index (χ1n) is 18.0. The molecule has 31 heteroatoms. The van der Waals surface area contributed by atoms with Crippen LogP contribution in [0.25, 0.3) is 21.5 Å². The van der Waals surface area contributed by atoms with Crippen LogP contribution < -0.4 is 5.32 Å². The third kappa shape index (κ3) is 10.5. The van der Waals surface area contributed by atoms with Crippen LogP contribution in [0, 0.1) is 13.8 Å². The zero-order valence-corrected chi connectivity index (χ0v) is 38.7. The molecule has 0 spiro atoms. The minimum absolute atomic E-state index is 0.0266. The molecule has 0 aliphatic rings. The van der Waals surface area contributed by atoms with E-state index in [1.165, 1.54) is 50.2 Å². The highest BCUT2D eigenvalue weighted by molar-refractivity contribution is 7.88. The molecule has 0 aromatic heterocycles. The minimum atomic E-state index is -5.46. The van der Waals surface area contributed by atoms with E-state index >= 15 is 0 Å². The van der Waals surface area contributed by atoms with Gasteiger partial charge in [0.2, 0.25) is 11.8 Å². The van der Waals surface area contributed by atoms with Crippen molar-refractivity contribution in [2.45, 2.75) is 43.2 Å². The average Bonchev–Trinajstić information content (AvgIpc) is 3.19. The van der Waals surface area contributed by atoms with Crippen LogP contribution in [0.1, 0.15) is 22.3 Å². The predicted molar refractivity (Wildman–Crippen MR) is 240 cm³/mol. The number of rotatable bonds is 12. The van der Waals surface area contributed by atoms with E-state index in [0.29, 0.717) is 24.3 Å². The van der Waals surface area contributed by atoms with Gasteiger partial charge in [0.25, 0.3) is 66.7 Å². The largest absolute Gasteiger partial charge is 0.493 e. The summed E-state index contributed by atoms with van der Waals surface area (Å²) in [4.78, 5) is 4.86. The third-order valence-electron chi connectivity index (χ3n) is 9.73. The van der Waals surface area contributed by atoms with Gasteiger partial charge in [0, 0.05) is 38.4 Å². The van der Waals surface area contributed by atoms with Crippen LogP contribution in [0.3, 0.4) is 0 Å². The molecule has 0 atom stereocenters. The van der Waals surface area contributed by atoms with Crippen LogP contribution in [0.15, 0.2) is 129 Å². The summed E-state index contributed by atoms with van der Waals surface area (Å²) in [6.07, 6.45) is 0.